The first-order valence-corrected chi connectivity index (χ1v) is 5.02. The van der Waals surface area contributed by atoms with Gasteiger partial charge in [-0.25, -0.2) is 4.98 Å². The molecule has 2 N–H and O–H groups in total. The van der Waals surface area contributed by atoms with Gasteiger partial charge in [0.1, 0.15) is 5.82 Å². The van der Waals surface area contributed by atoms with Crippen LogP contribution in [0.1, 0.15) is 20.3 Å². The van der Waals surface area contributed by atoms with Gasteiger partial charge in [-0.1, -0.05) is 20.3 Å². The zero-order valence-electron chi connectivity index (χ0n) is 9.10. The molecule has 80 valence electrons. The normalized spacial score (nSPS) is 9.20. The molecule has 0 aliphatic rings. The molecule has 15 heavy (non-hydrogen) atoms. The first-order valence-electron chi connectivity index (χ1n) is 5.02. The van der Waals surface area contributed by atoms with Gasteiger partial charge in [0.25, 0.3) is 0 Å². The van der Waals surface area contributed by atoms with E-state index in [9.17, 15) is 0 Å². The Morgan fingerprint density at radius 1 is 1.27 bits per heavy atom. The molecule has 2 aromatic heterocycles. The third-order valence-corrected chi connectivity index (χ3v) is 1.64. The Balaban J connectivity index is 0.000000337. The predicted molar refractivity (Wildman–Crippen MR) is 62.3 cm³/mol. The second kappa shape index (κ2) is 5.86. The van der Waals surface area contributed by atoms with Crippen LogP contribution in [-0.4, -0.2) is 4.98 Å². The average Bonchev–Trinajstić information content (AvgIpc) is 2.71. The minimum absolute atomic E-state index is 0.522. The number of nitrogen functional groups attached to an aromatic ring is 1. The molecule has 2 heterocycles. The molecule has 0 aromatic carbocycles. The number of aromatic nitrogens is 1. The van der Waals surface area contributed by atoms with Crippen molar-refractivity contribution in [3.05, 3.63) is 36.9 Å². The van der Waals surface area contributed by atoms with E-state index in [4.69, 9.17) is 10.2 Å². The molecule has 0 radical (unpaired) electrons. The monoisotopic (exact) mass is 204 g/mol. The summed E-state index contributed by atoms with van der Waals surface area (Å²) in [6, 6.07) is 5.58. The van der Waals surface area contributed by atoms with Crippen LogP contribution >= 0.6 is 0 Å². The highest BCUT2D eigenvalue weighted by Crippen LogP contribution is 2.19. The first-order chi connectivity index (χ1) is 7.27. The molecule has 0 amide bonds. The maximum absolute atomic E-state index is 5.52. The van der Waals surface area contributed by atoms with Crippen LogP contribution in [0.5, 0.6) is 0 Å². The summed E-state index contributed by atoms with van der Waals surface area (Å²) in [5, 5.41) is 0. The van der Waals surface area contributed by atoms with E-state index in [0.29, 0.717) is 5.82 Å². The summed E-state index contributed by atoms with van der Waals surface area (Å²) < 4.78 is 4.95. The fourth-order valence-electron chi connectivity index (χ4n) is 1.06. The fraction of sp³-hybridized carbons (Fsp3) is 0.250. The first kappa shape index (κ1) is 11.3. The third kappa shape index (κ3) is 3.46. The van der Waals surface area contributed by atoms with Crippen LogP contribution in [-0.2, 0) is 0 Å². The van der Waals surface area contributed by atoms with Gasteiger partial charge in [-0.15, -0.1) is 0 Å². The number of rotatable bonds is 1. The summed E-state index contributed by atoms with van der Waals surface area (Å²) in [5.74, 6) is 0.522. The summed E-state index contributed by atoms with van der Waals surface area (Å²) in [7, 11) is 0. The van der Waals surface area contributed by atoms with Crippen LogP contribution in [0.3, 0.4) is 0 Å². The standard InChI is InChI=1S/C9H8N2O.C3H8/c10-9-5-7(1-3-11-9)8-2-4-12-6-8;1-3-2/h1-6H,(H2,10,11);3H2,1-2H3. The molecule has 0 unspecified atom stereocenters. The minimum atomic E-state index is 0.522. The molecule has 0 atom stereocenters. The second-order valence-corrected chi connectivity index (χ2v) is 3.19. The molecule has 0 saturated heterocycles. The van der Waals surface area contributed by atoms with E-state index in [-0.39, 0.29) is 0 Å². The van der Waals surface area contributed by atoms with Crippen molar-refractivity contribution in [2.75, 3.05) is 5.73 Å². The van der Waals surface area contributed by atoms with Crippen molar-refractivity contribution < 1.29 is 4.42 Å². The van der Waals surface area contributed by atoms with Crippen LogP contribution in [0.15, 0.2) is 41.3 Å². The molecular weight excluding hydrogens is 188 g/mol. The lowest BCUT2D eigenvalue weighted by Crippen LogP contribution is -1.88. The zero-order chi connectivity index (χ0) is 11.1. The highest BCUT2D eigenvalue weighted by Gasteiger charge is 1.98. The average molecular weight is 204 g/mol. The summed E-state index contributed by atoms with van der Waals surface area (Å²) in [6.45, 7) is 4.25. The summed E-state index contributed by atoms with van der Waals surface area (Å²) >= 11 is 0. The topological polar surface area (TPSA) is 52.0 Å². The molecule has 0 spiro atoms. The number of furan rings is 1. The van der Waals surface area contributed by atoms with Gasteiger partial charge in [0, 0.05) is 11.8 Å². The highest BCUT2D eigenvalue weighted by molar-refractivity contribution is 5.64. The largest absolute Gasteiger partial charge is 0.472 e. The Bertz CT molecular complexity index is 382. The van der Waals surface area contributed by atoms with Crippen molar-refractivity contribution in [3.8, 4) is 11.1 Å². The number of nitrogens with two attached hydrogens (primary N) is 1. The van der Waals surface area contributed by atoms with E-state index in [1.165, 1.54) is 6.42 Å². The Kier molecular flexibility index (Phi) is 4.41. The van der Waals surface area contributed by atoms with E-state index in [1.54, 1.807) is 18.7 Å². The molecule has 0 fully saturated rings. The van der Waals surface area contributed by atoms with Crippen molar-refractivity contribution in [3.63, 3.8) is 0 Å². The number of anilines is 1. The fourth-order valence-corrected chi connectivity index (χ4v) is 1.06. The minimum Gasteiger partial charge on any atom is -0.472 e. The van der Waals surface area contributed by atoms with Crippen molar-refractivity contribution in [2.45, 2.75) is 20.3 Å². The van der Waals surface area contributed by atoms with Gasteiger partial charge in [0.05, 0.1) is 12.5 Å². The maximum atomic E-state index is 5.52. The van der Waals surface area contributed by atoms with Crippen molar-refractivity contribution in [1.82, 2.24) is 4.98 Å². The van der Waals surface area contributed by atoms with Gasteiger partial charge < -0.3 is 10.2 Å². The third-order valence-electron chi connectivity index (χ3n) is 1.64. The number of nitrogens with zero attached hydrogens (tertiary/aromatic N) is 1. The molecule has 3 nitrogen and oxygen atoms in total. The number of pyridine rings is 1. The Hall–Kier alpha value is -1.77. The van der Waals surface area contributed by atoms with Gasteiger partial charge in [0.15, 0.2) is 0 Å². The Morgan fingerprint density at radius 3 is 2.53 bits per heavy atom. The van der Waals surface area contributed by atoms with Crippen LogP contribution in [0.25, 0.3) is 11.1 Å². The van der Waals surface area contributed by atoms with Crippen LogP contribution in [0, 0.1) is 0 Å². The van der Waals surface area contributed by atoms with Crippen LogP contribution in [0.4, 0.5) is 5.82 Å². The van der Waals surface area contributed by atoms with Crippen LogP contribution in [0.2, 0.25) is 0 Å². The molecule has 0 aliphatic carbocycles. The second-order valence-electron chi connectivity index (χ2n) is 3.19. The molecular formula is C12H16N2O. The molecule has 0 bridgehead atoms. The maximum Gasteiger partial charge on any atom is 0.123 e. The van der Waals surface area contributed by atoms with E-state index < -0.39 is 0 Å². The highest BCUT2D eigenvalue weighted by atomic mass is 16.3. The number of hydrogen-bond acceptors (Lipinski definition) is 3. The number of hydrogen-bond donors (Lipinski definition) is 1. The quantitative estimate of drug-likeness (QED) is 0.775. The Morgan fingerprint density at radius 2 is 2.00 bits per heavy atom. The molecule has 3 heteroatoms. The SMILES string of the molecule is CCC.Nc1cc(-c2ccoc2)ccn1. The van der Waals surface area contributed by atoms with E-state index in [0.717, 1.165) is 11.1 Å². The van der Waals surface area contributed by atoms with Gasteiger partial charge in [0.2, 0.25) is 0 Å². The molecule has 2 aromatic rings. The van der Waals surface area contributed by atoms with Crippen molar-refractivity contribution >= 4 is 5.82 Å². The summed E-state index contributed by atoms with van der Waals surface area (Å²) in [5.41, 5.74) is 7.56. The summed E-state index contributed by atoms with van der Waals surface area (Å²) in [4.78, 5) is 3.90. The van der Waals surface area contributed by atoms with Crippen molar-refractivity contribution in [2.24, 2.45) is 0 Å². The van der Waals surface area contributed by atoms with Gasteiger partial charge in [-0.3, -0.25) is 0 Å². The van der Waals surface area contributed by atoms with Gasteiger partial charge in [-0.2, -0.15) is 0 Å². The Labute approximate surface area is 89.9 Å². The molecule has 0 saturated carbocycles. The lowest BCUT2D eigenvalue weighted by molar-refractivity contribution is 0.568. The lowest BCUT2D eigenvalue weighted by atomic mass is 10.1. The van der Waals surface area contributed by atoms with E-state index in [2.05, 4.69) is 18.8 Å². The smallest absolute Gasteiger partial charge is 0.123 e. The van der Waals surface area contributed by atoms with E-state index in [1.807, 2.05) is 18.2 Å². The van der Waals surface area contributed by atoms with E-state index >= 15 is 0 Å². The summed E-state index contributed by atoms with van der Waals surface area (Å²) in [6.07, 6.45) is 6.23. The zero-order valence-corrected chi connectivity index (χ0v) is 9.10. The predicted octanol–water partition coefficient (Wildman–Crippen LogP) is 3.34. The van der Waals surface area contributed by atoms with Crippen molar-refractivity contribution in [1.29, 1.82) is 0 Å². The van der Waals surface area contributed by atoms with Gasteiger partial charge in [-0.05, 0) is 23.8 Å². The van der Waals surface area contributed by atoms with Gasteiger partial charge >= 0.3 is 0 Å². The van der Waals surface area contributed by atoms with Crippen LogP contribution < -0.4 is 5.73 Å². The molecule has 0 aliphatic heterocycles. The molecule has 2 rings (SSSR count). The lowest BCUT2D eigenvalue weighted by Gasteiger charge is -1.96.